The standard InChI is InChI=1S/C27H34BrNO5/c1-32-12-13-34-27-15-20(2-4-24(27)28)14-19-6-9-29(10-7-19)17-25(31)21-3-5-26-23(16-21)22(18-30)8-11-33-26/h2-5,15-16,18-19,22,25,31H,6-14,17H2,1H3. The summed E-state index contributed by atoms with van der Waals surface area (Å²) in [6, 6.07) is 12.1. The van der Waals surface area contributed by atoms with Crippen molar-refractivity contribution in [2.24, 2.45) is 5.92 Å². The van der Waals surface area contributed by atoms with Crippen molar-refractivity contribution in [1.29, 1.82) is 0 Å². The molecule has 184 valence electrons. The summed E-state index contributed by atoms with van der Waals surface area (Å²) < 4.78 is 17.5. The van der Waals surface area contributed by atoms with E-state index in [1.807, 2.05) is 18.2 Å². The summed E-state index contributed by atoms with van der Waals surface area (Å²) in [5.74, 6) is 2.11. The molecule has 2 aliphatic heterocycles. The number of carbonyl (C=O) groups is 1. The minimum absolute atomic E-state index is 0.142. The van der Waals surface area contributed by atoms with Crippen molar-refractivity contribution in [3.63, 3.8) is 0 Å². The van der Waals surface area contributed by atoms with Crippen LogP contribution < -0.4 is 9.47 Å². The first-order chi connectivity index (χ1) is 16.6. The number of fused-ring (bicyclic) bond motifs is 1. The lowest BCUT2D eigenvalue weighted by Crippen LogP contribution is -2.37. The van der Waals surface area contributed by atoms with Crippen molar-refractivity contribution in [2.45, 2.75) is 37.7 Å². The van der Waals surface area contributed by atoms with Gasteiger partial charge in [-0.3, -0.25) is 0 Å². The highest BCUT2D eigenvalue weighted by Gasteiger charge is 2.25. The van der Waals surface area contributed by atoms with Crippen LogP contribution in [0.5, 0.6) is 11.5 Å². The lowest BCUT2D eigenvalue weighted by atomic mass is 9.89. The van der Waals surface area contributed by atoms with E-state index < -0.39 is 6.10 Å². The van der Waals surface area contributed by atoms with Crippen LogP contribution >= 0.6 is 15.9 Å². The number of aliphatic hydroxyl groups is 1. The van der Waals surface area contributed by atoms with Crippen molar-refractivity contribution < 1.29 is 24.1 Å². The van der Waals surface area contributed by atoms with Crippen molar-refractivity contribution in [2.75, 3.05) is 46.6 Å². The van der Waals surface area contributed by atoms with Crippen LogP contribution in [0.15, 0.2) is 40.9 Å². The van der Waals surface area contributed by atoms with Gasteiger partial charge >= 0.3 is 0 Å². The maximum absolute atomic E-state index is 11.4. The van der Waals surface area contributed by atoms with Crippen LogP contribution in [-0.2, 0) is 16.0 Å². The second-order valence-electron chi connectivity index (χ2n) is 9.25. The molecule has 2 atom stereocenters. The number of carbonyl (C=O) groups excluding carboxylic acids is 1. The fourth-order valence-corrected chi connectivity index (χ4v) is 5.23. The van der Waals surface area contributed by atoms with Gasteiger partial charge in [-0.25, -0.2) is 0 Å². The molecule has 0 saturated carbocycles. The smallest absolute Gasteiger partial charge is 0.133 e. The summed E-state index contributed by atoms with van der Waals surface area (Å²) in [5, 5.41) is 10.9. The second kappa shape index (κ2) is 12.2. The van der Waals surface area contributed by atoms with Crippen LogP contribution in [0.2, 0.25) is 0 Å². The zero-order valence-corrected chi connectivity index (χ0v) is 21.3. The van der Waals surface area contributed by atoms with Crippen molar-refractivity contribution >= 4 is 22.2 Å². The molecule has 6 nitrogen and oxygen atoms in total. The van der Waals surface area contributed by atoms with Gasteiger partial charge in [0.15, 0.2) is 0 Å². The number of β-amino-alcohol motifs (C(OH)–C–C–N with tert-alkyl or cyclic N) is 1. The van der Waals surface area contributed by atoms with Crippen LogP contribution in [0, 0.1) is 5.92 Å². The average molecular weight is 532 g/mol. The topological polar surface area (TPSA) is 68.2 Å². The molecule has 0 amide bonds. The highest BCUT2D eigenvalue weighted by molar-refractivity contribution is 9.10. The minimum Gasteiger partial charge on any atom is -0.493 e. The molecule has 2 heterocycles. The molecular weight excluding hydrogens is 498 g/mol. The molecule has 0 radical (unpaired) electrons. The van der Waals surface area contributed by atoms with Gasteiger partial charge in [0, 0.05) is 25.1 Å². The Kier molecular flexibility index (Phi) is 9.00. The molecule has 0 aliphatic carbocycles. The first-order valence-electron chi connectivity index (χ1n) is 12.1. The molecule has 4 rings (SSSR count). The lowest BCUT2D eigenvalue weighted by molar-refractivity contribution is -0.109. The maximum atomic E-state index is 11.4. The Morgan fingerprint density at radius 2 is 2.00 bits per heavy atom. The summed E-state index contributed by atoms with van der Waals surface area (Å²) >= 11 is 3.56. The largest absolute Gasteiger partial charge is 0.493 e. The number of nitrogens with zero attached hydrogens (tertiary/aromatic N) is 1. The Bertz CT molecular complexity index is 960. The first-order valence-corrected chi connectivity index (χ1v) is 12.9. The van der Waals surface area contributed by atoms with Gasteiger partial charge in [0.1, 0.15) is 24.4 Å². The zero-order chi connectivity index (χ0) is 23.9. The van der Waals surface area contributed by atoms with E-state index in [0.29, 0.717) is 38.7 Å². The Balaban J connectivity index is 1.28. The number of aldehydes is 1. The number of benzene rings is 2. The van der Waals surface area contributed by atoms with Crippen LogP contribution in [0.1, 0.15) is 48.0 Å². The van der Waals surface area contributed by atoms with Gasteiger partial charge in [-0.15, -0.1) is 0 Å². The first kappa shape index (κ1) is 25.2. The summed E-state index contributed by atoms with van der Waals surface area (Å²) in [6.07, 6.45) is 4.35. The predicted octanol–water partition coefficient (Wildman–Crippen LogP) is 4.53. The van der Waals surface area contributed by atoms with Gasteiger partial charge in [0.25, 0.3) is 0 Å². The Hall–Kier alpha value is -1.93. The molecule has 1 saturated heterocycles. The lowest BCUT2D eigenvalue weighted by Gasteiger charge is -2.33. The number of likely N-dealkylation sites (tertiary alicyclic amines) is 1. The third-order valence-electron chi connectivity index (χ3n) is 6.87. The van der Waals surface area contributed by atoms with Gasteiger partial charge in [-0.1, -0.05) is 12.1 Å². The summed E-state index contributed by atoms with van der Waals surface area (Å²) in [5.41, 5.74) is 3.04. The van der Waals surface area contributed by atoms with E-state index in [1.165, 1.54) is 5.56 Å². The predicted molar refractivity (Wildman–Crippen MR) is 135 cm³/mol. The van der Waals surface area contributed by atoms with E-state index >= 15 is 0 Å². The van der Waals surface area contributed by atoms with E-state index in [0.717, 1.165) is 65.7 Å². The van der Waals surface area contributed by atoms with Crippen LogP contribution in [-0.4, -0.2) is 62.9 Å². The number of methoxy groups -OCH3 is 1. The Morgan fingerprint density at radius 1 is 1.18 bits per heavy atom. The molecule has 0 spiro atoms. The van der Waals surface area contributed by atoms with Crippen molar-refractivity contribution in [3.8, 4) is 11.5 Å². The van der Waals surface area contributed by atoms with Crippen LogP contribution in [0.25, 0.3) is 0 Å². The van der Waals surface area contributed by atoms with E-state index in [9.17, 15) is 9.90 Å². The number of halogens is 1. The monoisotopic (exact) mass is 531 g/mol. The van der Waals surface area contributed by atoms with Crippen molar-refractivity contribution in [1.82, 2.24) is 4.90 Å². The Morgan fingerprint density at radius 3 is 2.76 bits per heavy atom. The molecule has 1 N–H and O–H groups in total. The zero-order valence-electron chi connectivity index (χ0n) is 19.7. The van der Waals surface area contributed by atoms with E-state index in [-0.39, 0.29) is 5.92 Å². The molecule has 1 fully saturated rings. The van der Waals surface area contributed by atoms with Gasteiger partial charge in [0.2, 0.25) is 0 Å². The molecule has 2 aromatic carbocycles. The molecule has 2 unspecified atom stereocenters. The van der Waals surface area contributed by atoms with Gasteiger partial charge in [0.05, 0.1) is 23.8 Å². The summed E-state index contributed by atoms with van der Waals surface area (Å²) in [6.45, 7) is 4.22. The molecule has 0 aromatic heterocycles. The molecule has 34 heavy (non-hydrogen) atoms. The van der Waals surface area contributed by atoms with E-state index in [2.05, 4.69) is 39.0 Å². The molecule has 0 bridgehead atoms. The van der Waals surface area contributed by atoms with Crippen molar-refractivity contribution in [3.05, 3.63) is 57.6 Å². The number of aliphatic hydroxyl groups excluding tert-OH is 1. The summed E-state index contributed by atoms with van der Waals surface area (Å²) in [7, 11) is 1.67. The number of hydrogen-bond donors (Lipinski definition) is 1. The number of hydrogen-bond acceptors (Lipinski definition) is 6. The quantitative estimate of drug-likeness (QED) is 0.359. The highest BCUT2D eigenvalue weighted by atomic mass is 79.9. The fraction of sp³-hybridized carbons (Fsp3) is 0.519. The van der Waals surface area contributed by atoms with Crippen LogP contribution in [0.4, 0.5) is 0 Å². The average Bonchev–Trinajstić information content (AvgIpc) is 2.86. The number of ether oxygens (including phenoxy) is 3. The third-order valence-corrected chi connectivity index (χ3v) is 7.53. The normalized spacial score (nSPS) is 19.8. The number of piperidine rings is 1. The maximum Gasteiger partial charge on any atom is 0.133 e. The number of rotatable bonds is 10. The Labute approximate surface area is 210 Å². The fourth-order valence-electron chi connectivity index (χ4n) is 4.86. The van der Waals surface area contributed by atoms with E-state index in [4.69, 9.17) is 14.2 Å². The molecular formula is C27H34BrNO5. The summed E-state index contributed by atoms with van der Waals surface area (Å²) in [4.78, 5) is 13.8. The second-order valence-corrected chi connectivity index (χ2v) is 10.1. The molecule has 2 aliphatic rings. The van der Waals surface area contributed by atoms with Crippen LogP contribution in [0.3, 0.4) is 0 Å². The third kappa shape index (κ3) is 6.39. The van der Waals surface area contributed by atoms with Gasteiger partial charge in [-0.2, -0.15) is 0 Å². The van der Waals surface area contributed by atoms with E-state index in [1.54, 1.807) is 7.11 Å². The molecule has 2 aromatic rings. The van der Waals surface area contributed by atoms with Gasteiger partial charge in [-0.05, 0) is 96.0 Å². The highest BCUT2D eigenvalue weighted by Crippen LogP contribution is 2.35. The minimum atomic E-state index is -0.575. The SMILES string of the molecule is COCCOc1cc(CC2CCN(CC(O)c3ccc4c(c3)C(C=O)CCO4)CC2)ccc1Br. The molecule has 7 heteroatoms. The van der Waals surface area contributed by atoms with Gasteiger partial charge < -0.3 is 29.0 Å².